The molecule has 3 nitrogen and oxygen atoms in total. The number of allylic oxidation sites excluding steroid dienone is 3. The number of benzene rings is 2. The van der Waals surface area contributed by atoms with Crippen LogP contribution in [0.25, 0.3) is 0 Å². The van der Waals surface area contributed by atoms with E-state index in [-0.39, 0.29) is 11.8 Å². The van der Waals surface area contributed by atoms with Gasteiger partial charge in [-0.2, -0.15) is 0 Å². The second-order valence-electron chi connectivity index (χ2n) is 4.92. The van der Waals surface area contributed by atoms with E-state index >= 15 is 0 Å². The highest BCUT2D eigenvalue weighted by Gasteiger charge is 2.09. The number of esters is 1. The highest BCUT2D eigenvalue weighted by molar-refractivity contribution is 6.04. The zero-order valence-corrected chi connectivity index (χ0v) is 12.9. The normalized spacial score (nSPS) is 12.4. The van der Waals surface area contributed by atoms with E-state index in [0.717, 1.165) is 5.56 Å². The highest BCUT2D eigenvalue weighted by Crippen LogP contribution is 2.18. The maximum atomic E-state index is 11.9. The number of carbonyl (C=O) groups is 2. The number of carbonyl (C=O) groups excluding carboxylic acids is 2. The van der Waals surface area contributed by atoms with Crippen LogP contribution in [-0.2, 0) is 9.53 Å². The van der Waals surface area contributed by atoms with Crippen LogP contribution in [0.4, 0.5) is 0 Å². The number of rotatable bonds is 6. The van der Waals surface area contributed by atoms with Gasteiger partial charge >= 0.3 is 5.97 Å². The van der Waals surface area contributed by atoms with Crippen LogP contribution in [0.5, 0.6) is 0 Å². The van der Waals surface area contributed by atoms with Crippen LogP contribution in [-0.4, -0.2) is 11.8 Å². The monoisotopic (exact) mass is 306 g/mol. The van der Waals surface area contributed by atoms with Crippen LogP contribution >= 0.6 is 0 Å². The predicted molar refractivity (Wildman–Crippen MR) is 90.0 cm³/mol. The molecule has 0 saturated carbocycles. The average Bonchev–Trinajstić information content (AvgIpc) is 2.58. The van der Waals surface area contributed by atoms with E-state index < -0.39 is 6.10 Å². The standard InChI is InChI=1S/C20H18O3/c1-16(21)23-20(18-12-6-3-7-13-18)15-9-8-14-19(22)17-10-4-2-5-11-17/h2-15,20H,1H3/b14-8+,15-9+. The second-order valence-corrected chi connectivity index (χ2v) is 4.92. The molecule has 0 fully saturated rings. The van der Waals surface area contributed by atoms with Crippen LogP contribution in [0.15, 0.2) is 85.0 Å². The van der Waals surface area contributed by atoms with E-state index in [1.165, 1.54) is 13.0 Å². The van der Waals surface area contributed by atoms with Crippen molar-refractivity contribution in [2.45, 2.75) is 13.0 Å². The van der Waals surface area contributed by atoms with Crippen LogP contribution < -0.4 is 0 Å². The van der Waals surface area contributed by atoms with Crippen LogP contribution in [0.3, 0.4) is 0 Å². The first-order valence-corrected chi connectivity index (χ1v) is 7.33. The van der Waals surface area contributed by atoms with Crippen molar-refractivity contribution in [2.75, 3.05) is 0 Å². The molecule has 0 N–H and O–H groups in total. The Kier molecular flexibility index (Phi) is 6.07. The zero-order valence-electron chi connectivity index (χ0n) is 12.9. The molecule has 1 unspecified atom stereocenters. The van der Waals surface area contributed by atoms with Crippen LogP contribution in [0.2, 0.25) is 0 Å². The number of ketones is 1. The van der Waals surface area contributed by atoms with Crippen molar-refractivity contribution in [3.63, 3.8) is 0 Å². The van der Waals surface area contributed by atoms with E-state index in [4.69, 9.17) is 4.74 Å². The molecule has 2 aromatic rings. The molecule has 0 spiro atoms. The summed E-state index contributed by atoms with van der Waals surface area (Å²) >= 11 is 0. The molecule has 2 rings (SSSR count). The molecule has 0 aliphatic carbocycles. The van der Waals surface area contributed by atoms with Gasteiger partial charge in [0.05, 0.1) is 0 Å². The van der Waals surface area contributed by atoms with Gasteiger partial charge in [-0.3, -0.25) is 9.59 Å². The van der Waals surface area contributed by atoms with Crippen molar-refractivity contribution in [2.24, 2.45) is 0 Å². The highest BCUT2D eigenvalue weighted by atomic mass is 16.5. The smallest absolute Gasteiger partial charge is 0.303 e. The van der Waals surface area contributed by atoms with Crippen molar-refractivity contribution in [3.8, 4) is 0 Å². The van der Waals surface area contributed by atoms with Crippen molar-refractivity contribution >= 4 is 11.8 Å². The van der Waals surface area contributed by atoms with E-state index in [0.29, 0.717) is 5.56 Å². The van der Waals surface area contributed by atoms with Gasteiger partial charge in [0.25, 0.3) is 0 Å². The number of ether oxygens (including phenoxy) is 1. The van der Waals surface area contributed by atoms with Gasteiger partial charge < -0.3 is 4.74 Å². The summed E-state index contributed by atoms with van der Waals surface area (Å²) in [5.74, 6) is -0.424. The summed E-state index contributed by atoms with van der Waals surface area (Å²) in [6, 6.07) is 18.5. The molecule has 0 radical (unpaired) electrons. The lowest BCUT2D eigenvalue weighted by Gasteiger charge is -2.12. The minimum absolute atomic E-state index is 0.0704. The fourth-order valence-corrected chi connectivity index (χ4v) is 2.05. The Bertz CT molecular complexity index is 700. The van der Waals surface area contributed by atoms with Crippen molar-refractivity contribution in [1.82, 2.24) is 0 Å². The summed E-state index contributed by atoms with van der Waals surface area (Å²) in [6.07, 6.45) is 6.12. The predicted octanol–water partition coefficient (Wildman–Crippen LogP) is 4.29. The molecule has 0 saturated heterocycles. The third kappa shape index (κ3) is 5.40. The van der Waals surface area contributed by atoms with Crippen molar-refractivity contribution < 1.29 is 14.3 Å². The first-order valence-electron chi connectivity index (χ1n) is 7.33. The molecule has 23 heavy (non-hydrogen) atoms. The third-order valence-electron chi connectivity index (χ3n) is 3.12. The van der Waals surface area contributed by atoms with E-state index in [9.17, 15) is 9.59 Å². The lowest BCUT2D eigenvalue weighted by molar-refractivity contribution is -0.144. The summed E-state index contributed by atoms with van der Waals surface area (Å²) in [5, 5.41) is 0. The SMILES string of the molecule is CC(=O)OC(/C=C/C=C/C(=O)c1ccccc1)c1ccccc1. The first kappa shape index (κ1) is 16.4. The average molecular weight is 306 g/mol. The molecular weight excluding hydrogens is 288 g/mol. The van der Waals surface area contributed by atoms with Gasteiger partial charge in [0.15, 0.2) is 5.78 Å². The topological polar surface area (TPSA) is 43.4 Å². The van der Waals surface area contributed by atoms with Gasteiger partial charge in [-0.05, 0) is 17.7 Å². The van der Waals surface area contributed by atoms with Gasteiger partial charge in [0.2, 0.25) is 0 Å². The van der Waals surface area contributed by atoms with Crippen molar-refractivity contribution in [3.05, 3.63) is 96.1 Å². The molecule has 0 aliphatic heterocycles. The largest absolute Gasteiger partial charge is 0.453 e. The Morgan fingerprint density at radius 2 is 1.52 bits per heavy atom. The van der Waals surface area contributed by atoms with E-state index in [1.807, 2.05) is 48.5 Å². The molecule has 2 aromatic carbocycles. The van der Waals surface area contributed by atoms with Crippen LogP contribution in [0.1, 0.15) is 28.9 Å². The fraction of sp³-hybridized carbons (Fsp3) is 0.100. The zero-order chi connectivity index (χ0) is 16.5. The van der Waals surface area contributed by atoms with Gasteiger partial charge in [-0.1, -0.05) is 72.8 Å². The van der Waals surface area contributed by atoms with Crippen molar-refractivity contribution in [1.29, 1.82) is 0 Å². The Hall–Kier alpha value is -2.94. The Morgan fingerprint density at radius 1 is 0.913 bits per heavy atom. The second kappa shape index (κ2) is 8.49. The van der Waals surface area contributed by atoms with E-state index in [1.54, 1.807) is 30.4 Å². The minimum Gasteiger partial charge on any atom is -0.453 e. The molecule has 116 valence electrons. The summed E-state index contributed by atoms with van der Waals surface area (Å²) in [4.78, 5) is 23.2. The first-order chi connectivity index (χ1) is 11.2. The molecule has 0 aliphatic rings. The van der Waals surface area contributed by atoms with Crippen LogP contribution in [0, 0.1) is 0 Å². The maximum Gasteiger partial charge on any atom is 0.303 e. The van der Waals surface area contributed by atoms with Gasteiger partial charge in [-0.15, -0.1) is 0 Å². The molecule has 0 aromatic heterocycles. The molecule has 1 atom stereocenters. The van der Waals surface area contributed by atoms with Gasteiger partial charge in [0.1, 0.15) is 6.10 Å². The summed E-state index contributed by atoms with van der Waals surface area (Å²) in [6.45, 7) is 1.37. The summed E-state index contributed by atoms with van der Waals surface area (Å²) in [7, 11) is 0. The number of hydrogen-bond acceptors (Lipinski definition) is 3. The Balaban J connectivity index is 2.04. The summed E-state index contributed by atoms with van der Waals surface area (Å²) < 4.78 is 5.28. The van der Waals surface area contributed by atoms with Gasteiger partial charge in [0, 0.05) is 12.5 Å². The fourth-order valence-electron chi connectivity index (χ4n) is 2.05. The maximum absolute atomic E-state index is 11.9. The molecule has 0 heterocycles. The van der Waals surface area contributed by atoms with E-state index in [2.05, 4.69) is 0 Å². The molecular formula is C20H18O3. The quantitative estimate of drug-likeness (QED) is 0.346. The lowest BCUT2D eigenvalue weighted by Crippen LogP contribution is -2.05. The minimum atomic E-state index is -0.467. The lowest BCUT2D eigenvalue weighted by atomic mass is 10.1. The molecule has 0 amide bonds. The Labute approximate surface area is 135 Å². The third-order valence-corrected chi connectivity index (χ3v) is 3.12. The Morgan fingerprint density at radius 3 is 2.13 bits per heavy atom. The molecule has 0 bridgehead atoms. The van der Waals surface area contributed by atoms with Gasteiger partial charge in [-0.25, -0.2) is 0 Å². The molecule has 3 heteroatoms. The number of hydrogen-bond donors (Lipinski definition) is 0. The summed E-state index contributed by atoms with van der Waals surface area (Å²) in [5.41, 5.74) is 1.51.